The van der Waals surface area contributed by atoms with Crippen LogP contribution in [0.4, 0.5) is 5.82 Å². The molecule has 0 aliphatic heterocycles. The first kappa shape index (κ1) is 14.6. The van der Waals surface area contributed by atoms with E-state index in [4.69, 9.17) is 4.74 Å². The Morgan fingerprint density at radius 2 is 2.15 bits per heavy atom. The summed E-state index contributed by atoms with van der Waals surface area (Å²) in [7, 11) is 1.57. The summed E-state index contributed by atoms with van der Waals surface area (Å²) in [5.41, 5.74) is 0.515. The van der Waals surface area contributed by atoms with Crippen molar-refractivity contribution in [1.82, 2.24) is 9.78 Å². The topological polar surface area (TPSA) is 56.1 Å². The van der Waals surface area contributed by atoms with Crippen LogP contribution in [0.5, 0.6) is 5.75 Å². The third-order valence-electron chi connectivity index (χ3n) is 2.82. The van der Waals surface area contributed by atoms with Crippen molar-refractivity contribution in [3.8, 4) is 5.75 Å². The number of aromatic nitrogens is 2. The van der Waals surface area contributed by atoms with Crippen molar-refractivity contribution < 1.29 is 9.53 Å². The Kier molecular flexibility index (Phi) is 4.44. The first-order valence-electron chi connectivity index (χ1n) is 6.21. The normalized spacial score (nSPS) is 10.7. The lowest BCUT2D eigenvalue weighted by Crippen LogP contribution is -2.17. The largest absolute Gasteiger partial charge is 0.497 e. The molecule has 0 fully saturated rings. The lowest BCUT2D eigenvalue weighted by Gasteiger charge is -2.12. The molecule has 1 amide bonds. The maximum atomic E-state index is 12.3. The van der Waals surface area contributed by atoms with Gasteiger partial charge in [-0.25, -0.2) is 4.68 Å². The van der Waals surface area contributed by atoms with Crippen molar-refractivity contribution in [3.63, 3.8) is 0 Å². The van der Waals surface area contributed by atoms with Gasteiger partial charge in [0.2, 0.25) is 0 Å². The molecule has 0 spiro atoms. The van der Waals surface area contributed by atoms with Crippen molar-refractivity contribution in [1.29, 1.82) is 0 Å². The Bertz CT molecular complexity index is 623. The van der Waals surface area contributed by atoms with Crippen LogP contribution < -0.4 is 10.1 Å². The fraction of sp³-hybridized carbons (Fsp3) is 0.286. The Hall–Kier alpha value is -1.82. The lowest BCUT2D eigenvalue weighted by molar-refractivity contribution is 0.102. The number of halogens is 1. The van der Waals surface area contributed by atoms with Gasteiger partial charge in [0.15, 0.2) is 0 Å². The first-order chi connectivity index (χ1) is 9.52. The van der Waals surface area contributed by atoms with Crippen LogP contribution in [-0.2, 0) is 0 Å². The van der Waals surface area contributed by atoms with Crippen molar-refractivity contribution in [2.75, 3.05) is 12.4 Å². The molecule has 0 unspecified atom stereocenters. The molecule has 2 aromatic rings. The van der Waals surface area contributed by atoms with Gasteiger partial charge < -0.3 is 10.1 Å². The van der Waals surface area contributed by atoms with E-state index in [0.717, 1.165) is 0 Å². The molecule has 6 heteroatoms. The van der Waals surface area contributed by atoms with E-state index >= 15 is 0 Å². The van der Waals surface area contributed by atoms with Crippen molar-refractivity contribution in [3.05, 3.63) is 40.5 Å². The second-order valence-electron chi connectivity index (χ2n) is 4.55. The summed E-state index contributed by atoms with van der Waals surface area (Å²) < 4.78 is 7.61. The van der Waals surface area contributed by atoms with Gasteiger partial charge in [-0.05, 0) is 48.0 Å². The molecule has 1 aromatic heterocycles. The number of methoxy groups -OCH3 is 1. The molecule has 0 atom stereocenters. The van der Waals surface area contributed by atoms with Gasteiger partial charge in [-0.3, -0.25) is 4.79 Å². The number of hydrogen-bond donors (Lipinski definition) is 1. The highest BCUT2D eigenvalue weighted by Gasteiger charge is 2.14. The summed E-state index contributed by atoms with van der Waals surface area (Å²) in [5.74, 6) is 1.09. The van der Waals surface area contributed by atoms with Crippen molar-refractivity contribution in [2.45, 2.75) is 19.9 Å². The van der Waals surface area contributed by atoms with E-state index in [1.165, 1.54) is 0 Å². The zero-order valence-electron chi connectivity index (χ0n) is 11.6. The molecule has 1 aromatic carbocycles. The highest BCUT2D eigenvalue weighted by Crippen LogP contribution is 2.24. The molecule has 0 aliphatic carbocycles. The average molecular weight is 338 g/mol. The molecular formula is C14H16BrN3O2. The van der Waals surface area contributed by atoms with Gasteiger partial charge in [0.1, 0.15) is 11.6 Å². The Morgan fingerprint density at radius 3 is 2.80 bits per heavy atom. The molecular weight excluding hydrogens is 322 g/mol. The van der Waals surface area contributed by atoms with E-state index in [9.17, 15) is 4.79 Å². The van der Waals surface area contributed by atoms with Gasteiger partial charge in [0.05, 0.1) is 18.9 Å². The number of rotatable bonds is 4. The number of hydrogen-bond acceptors (Lipinski definition) is 3. The Balaban J connectivity index is 2.26. The van der Waals surface area contributed by atoms with Crippen LogP contribution in [0.2, 0.25) is 0 Å². The van der Waals surface area contributed by atoms with E-state index in [1.54, 1.807) is 42.3 Å². The monoisotopic (exact) mass is 337 g/mol. The predicted molar refractivity (Wildman–Crippen MR) is 81.3 cm³/mol. The summed E-state index contributed by atoms with van der Waals surface area (Å²) in [5, 5.41) is 7.04. The number of nitrogens with one attached hydrogen (secondary N) is 1. The van der Waals surface area contributed by atoms with Gasteiger partial charge in [0, 0.05) is 16.6 Å². The molecule has 1 N–H and O–H groups in total. The first-order valence-corrected chi connectivity index (χ1v) is 7.00. The zero-order chi connectivity index (χ0) is 14.7. The highest BCUT2D eigenvalue weighted by atomic mass is 79.9. The van der Waals surface area contributed by atoms with Gasteiger partial charge >= 0.3 is 0 Å². The molecule has 2 rings (SSSR count). The minimum Gasteiger partial charge on any atom is -0.497 e. The molecule has 0 radical (unpaired) electrons. The summed E-state index contributed by atoms with van der Waals surface area (Å²) >= 11 is 3.37. The standard InChI is InChI=1S/C14H16BrN3O2/c1-9(2)18-13(6-7-16-18)17-14(19)11-8-10(20-3)4-5-12(11)15/h4-9H,1-3H3,(H,17,19). The maximum absolute atomic E-state index is 12.3. The maximum Gasteiger partial charge on any atom is 0.258 e. The van der Waals surface area contributed by atoms with Crippen LogP contribution in [0.25, 0.3) is 0 Å². The van der Waals surface area contributed by atoms with Crippen LogP contribution >= 0.6 is 15.9 Å². The summed E-state index contributed by atoms with van der Waals surface area (Å²) in [6, 6.07) is 7.21. The van der Waals surface area contributed by atoms with E-state index in [-0.39, 0.29) is 11.9 Å². The quantitative estimate of drug-likeness (QED) is 0.928. The highest BCUT2D eigenvalue weighted by molar-refractivity contribution is 9.10. The van der Waals surface area contributed by atoms with Crippen LogP contribution in [0, 0.1) is 0 Å². The van der Waals surface area contributed by atoms with E-state index < -0.39 is 0 Å². The molecule has 0 saturated heterocycles. The summed E-state index contributed by atoms with van der Waals surface area (Å²) in [4.78, 5) is 12.3. The number of carbonyl (C=O) groups is 1. The molecule has 20 heavy (non-hydrogen) atoms. The number of benzene rings is 1. The van der Waals surface area contributed by atoms with Crippen molar-refractivity contribution >= 4 is 27.7 Å². The van der Waals surface area contributed by atoms with Crippen molar-refractivity contribution in [2.24, 2.45) is 0 Å². The molecule has 0 saturated carbocycles. The molecule has 0 bridgehead atoms. The summed E-state index contributed by atoms with van der Waals surface area (Å²) in [6.07, 6.45) is 1.66. The predicted octanol–water partition coefficient (Wildman–Crippen LogP) is 3.49. The third-order valence-corrected chi connectivity index (χ3v) is 3.51. The minimum absolute atomic E-state index is 0.175. The van der Waals surface area contributed by atoms with Crippen LogP contribution in [0.15, 0.2) is 34.9 Å². The van der Waals surface area contributed by atoms with E-state index in [2.05, 4.69) is 26.3 Å². The Morgan fingerprint density at radius 1 is 1.40 bits per heavy atom. The second kappa shape index (κ2) is 6.09. The number of anilines is 1. The van der Waals surface area contributed by atoms with E-state index in [1.807, 2.05) is 13.8 Å². The van der Waals surface area contributed by atoms with Gasteiger partial charge in [-0.15, -0.1) is 0 Å². The number of carbonyl (C=O) groups excluding carboxylic acids is 1. The second-order valence-corrected chi connectivity index (χ2v) is 5.41. The fourth-order valence-corrected chi connectivity index (χ4v) is 2.24. The smallest absolute Gasteiger partial charge is 0.258 e. The number of amides is 1. The fourth-order valence-electron chi connectivity index (χ4n) is 1.81. The summed E-state index contributed by atoms with van der Waals surface area (Å²) in [6.45, 7) is 4.01. The van der Waals surface area contributed by atoms with E-state index in [0.29, 0.717) is 21.6 Å². The molecule has 106 valence electrons. The average Bonchev–Trinajstić information content (AvgIpc) is 2.87. The van der Waals surface area contributed by atoms with Gasteiger partial charge in [-0.1, -0.05) is 0 Å². The molecule has 1 heterocycles. The van der Waals surface area contributed by atoms with Crippen LogP contribution in [0.1, 0.15) is 30.2 Å². The lowest BCUT2D eigenvalue weighted by atomic mass is 10.2. The third kappa shape index (κ3) is 3.01. The molecule has 0 aliphatic rings. The zero-order valence-corrected chi connectivity index (χ0v) is 13.1. The molecule has 5 nitrogen and oxygen atoms in total. The Labute approximate surface area is 126 Å². The SMILES string of the molecule is COc1ccc(Br)c(C(=O)Nc2ccnn2C(C)C)c1. The van der Waals surface area contributed by atoms with Gasteiger partial charge in [0.25, 0.3) is 5.91 Å². The minimum atomic E-state index is -0.210. The van der Waals surface area contributed by atoms with Gasteiger partial charge in [-0.2, -0.15) is 5.10 Å². The number of ether oxygens (including phenoxy) is 1. The number of nitrogens with zero attached hydrogens (tertiary/aromatic N) is 2. The van der Waals surface area contributed by atoms with Crippen LogP contribution in [0.3, 0.4) is 0 Å². The van der Waals surface area contributed by atoms with Crippen LogP contribution in [-0.4, -0.2) is 22.8 Å².